The molecule has 2 aliphatic heterocycles. The van der Waals surface area contributed by atoms with Crippen LogP contribution in [0.1, 0.15) is 36.8 Å². The van der Waals surface area contributed by atoms with Gasteiger partial charge >= 0.3 is 0 Å². The molecule has 8 heteroatoms. The summed E-state index contributed by atoms with van der Waals surface area (Å²) in [7, 11) is 1.66. The number of fused-ring (bicyclic) bond motifs is 1. The first-order chi connectivity index (χ1) is 17.3. The van der Waals surface area contributed by atoms with Crippen LogP contribution in [0.2, 0.25) is 0 Å². The van der Waals surface area contributed by atoms with Crippen LogP contribution >= 0.6 is 0 Å². The van der Waals surface area contributed by atoms with E-state index in [2.05, 4.69) is 16.3 Å². The van der Waals surface area contributed by atoms with Gasteiger partial charge in [-0.3, -0.25) is 9.59 Å². The highest BCUT2D eigenvalue weighted by Gasteiger charge is 2.43. The number of ether oxygens (including phenoxy) is 1. The van der Waals surface area contributed by atoms with E-state index in [0.29, 0.717) is 43.3 Å². The zero-order valence-corrected chi connectivity index (χ0v) is 21.1. The first kappa shape index (κ1) is 23.8. The van der Waals surface area contributed by atoms with Crippen LogP contribution in [-0.4, -0.2) is 66.4 Å². The van der Waals surface area contributed by atoms with Gasteiger partial charge in [-0.05, 0) is 37.1 Å². The van der Waals surface area contributed by atoms with Crippen LogP contribution in [0.5, 0.6) is 5.75 Å². The number of carbonyl (C=O) groups excluding carboxylic acids is 2. The summed E-state index contributed by atoms with van der Waals surface area (Å²) in [5.41, 5.74) is 1.81. The SMILES string of the molecule is COc1cccc(N2CCN(C(=O)c3cc4ccccc4nc3C3=NC(C)(C(C)C)C(=O)N3)CC2)c1. The lowest BCUT2D eigenvalue weighted by Crippen LogP contribution is -2.49. The Labute approximate surface area is 211 Å². The summed E-state index contributed by atoms with van der Waals surface area (Å²) >= 11 is 0. The summed E-state index contributed by atoms with van der Waals surface area (Å²) in [5, 5.41) is 3.77. The van der Waals surface area contributed by atoms with Gasteiger partial charge in [-0.2, -0.15) is 0 Å². The standard InChI is InChI=1S/C28H31N5O3/c1-18(2)28(3)27(35)30-25(31-28)24-22(16-19-8-5-6-11-23(19)29-24)26(34)33-14-12-32(13-15-33)20-9-7-10-21(17-20)36-4/h5-11,16-18H,12-15H2,1-4H3,(H,30,31,35). The topological polar surface area (TPSA) is 87.1 Å². The Morgan fingerprint density at radius 1 is 1.06 bits per heavy atom. The molecule has 0 aliphatic carbocycles. The normalized spacial score (nSPS) is 20.0. The minimum atomic E-state index is -0.897. The number of methoxy groups -OCH3 is 1. The third-order valence-corrected chi connectivity index (χ3v) is 7.32. The van der Waals surface area contributed by atoms with Gasteiger partial charge < -0.3 is 19.9 Å². The van der Waals surface area contributed by atoms with Gasteiger partial charge in [-0.15, -0.1) is 0 Å². The number of aromatic nitrogens is 1. The van der Waals surface area contributed by atoms with Crippen LogP contribution in [0.3, 0.4) is 0 Å². The maximum absolute atomic E-state index is 13.8. The lowest BCUT2D eigenvalue weighted by atomic mass is 9.89. The Morgan fingerprint density at radius 3 is 2.50 bits per heavy atom. The number of hydrogen-bond acceptors (Lipinski definition) is 6. The van der Waals surface area contributed by atoms with Crippen molar-refractivity contribution in [1.29, 1.82) is 0 Å². The molecule has 1 saturated heterocycles. The van der Waals surface area contributed by atoms with Gasteiger partial charge in [0.1, 0.15) is 17.0 Å². The second kappa shape index (κ2) is 9.26. The van der Waals surface area contributed by atoms with Crippen LogP contribution < -0.4 is 15.0 Å². The minimum absolute atomic E-state index is 0.000652. The zero-order valence-electron chi connectivity index (χ0n) is 21.1. The zero-order chi connectivity index (χ0) is 25.4. The van der Waals surface area contributed by atoms with Gasteiger partial charge in [-0.25, -0.2) is 9.98 Å². The third kappa shape index (κ3) is 4.17. The summed E-state index contributed by atoms with van der Waals surface area (Å²) < 4.78 is 5.36. The van der Waals surface area contributed by atoms with E-state index in [-0.39, 0.29) is 17.7 Å². The number of amidine groups is 1. The number of rotatable bonds is 5. The number of anilines is 1. The van der Waals surface area contributed by atoms with Crippen molar-refractivity contribution in [2.75, 3.05) is 38.2 Å². The van der Waals surface area contributed by atoms with Crippen molar-refractivity contribution in [3.63, 3.8) is 0 Å². The van der Waals surface area contributed by atoms with Gasteiger partial charge in [0.15, 0.2) is 5.84 Å². The Bertz CT molecular complexity index is 1360. The Morgan fingerprint density at radius 2 is 1.81 bits per heavy atom. The van der Waals surface area contributed by atoms with E-state index >= 15 is 0 Å². The quantitative estimate of drug-likeness (QED) is 0.598. The van der Waals surface area contributed by atoms with Crippen molar-refractivity contribution in [3.05, 3.63) is 65.9 Å². The van der Waals surface area contributed by atoms with Crippen LogP contribution in [-0.2, 0) is 4.79 Å². The first-order valence-electron chi connectivity index (χ1n) is 12.3. The molecule has 3 heterocycles. The summed E-state index contributed by atoms with van der Waals surface area (Å²) in [6.45, 7) is 8.31. The van der Waals surface area contributed by atoms with Crippen LogP contribution in [0.15, 0.2) is 59.6 Å². The number of nitrogens with one attached hydrogen (secondary N) is 1. The fraction of sp³-hybridized carbons (Fsp3) is 0.357. The first-order valence-corrected chi connectivity index (χ1v) is 12.3. The average molecular weight is 486 g/mol. The van der Waals surface area contributed by atoms with Crippen LogP contribution in [0.4, 0.5) is 5.69 Å². The van der Waals surface area contributed by atoms with Crippen molar-refractivity contribution >= 4 is 34.2 Å². The highest BCUT2D eigenvalue weighted by molar-refractivity contribution is 6.19. The summed E-state index contributed by atoms with van der Waals surface area (Å²) in [5.74, 6) is 0.890. The van der Waals surface area contributed by atoms with E-state index in [0.717, 1.165) is 22.3 Å². The van der Waals surface area contributed by atoms with Crippen molar-refractivity contribution in [2.45, 2.75) is 26.3 Å². The summed E-state index contributed by atoms with van der Waals surface area (Å²) in [6, 6.07) is 17.5. The monoisotopic (exact) mass is 485 g/mol. The summed E-state index contributed by atoms with van der Waals surface area (Å²) in [6.07, 6.45) is 0. The molecule has 8 nitrogen and oxygen atoms in total. The third-order valence-electron chi connectivity index (χ3n) is 7.32. The fourth-order valence-electron chi connectivity index (χ4n) is 4.65. The molecular weight excluding hydrogens is 454 g/mol. The molecule has 1 atom stereocenters. The lowest BCUT2D eigenvalue weighted by Gasteiger charge is -2.36. The van der Waals surface area contributed by atoms with E-state index < -0.39 is 5.54 Å². The fourth-order valence-corrected chi connectivity index (χ4v) is 4.65. The molecule has 0 spiro atoms. The maximum Gasteiger partial charge on any atom is 0.256 e. The number of piperazine rings is 1. The minimum Gasteiger partial charge on any atom is -0.497 e. The highest BCUT2D eigenvalue weighted by atomic mass is 16.5. The molecule has 5 rings (SSSR count). The van der Waals surface area contributed by atoms with Gasteiger partial charge in [0.25, 0.3) is 11.8 Å². The molecule has 0 saturated carbocycles. The van der Waals surface area contributed by atoms with E-state index in [9.17, 15) is 9.59 Å². The molecule has 0 bridgehead atoms. The molecule has 2 aromatic carbocycles. The highest BCUT2D eigenvalue weighted by Crippen LogP contribution is 2.29. The number of hydrogen-bond donors (Lipinski definition) is 1. The Hall–Kier alpha value is -3.94. The Kier molecular flexibility index (Phi) is 6.12. The second-order valence-electron chi connectivity index (χ2n) is 9.77. The van der Waals surface area contributed by atoms with E-state index in [4.69, 9.17) is 14.7 Å². The van der Waals surface area contributed by atoms with Gasteiger partial charge in [0.05, 0.1) is 18.2 Å². The van der Waals surface area contributed by atoms with Gasteiger partial charge in [0.2, 0.25) is 0 Å². The van der Waals surface area contributed by atoms with Crippen molar-refractivity contribution < 1.29 is 14.3 Å². The second-order valence-corrected chi connectivity index (χ2v) is 9.77. The molecule has 1 aromatic heterocycles. The number of aliphatic imine (C=N–C) groups is 1. The van der Waals surface area contributed by atoms with E-state index in [1.54, 1.807) is 7.11 Å². The number of carbonyl (C=O) groups is 2. The number of para-hydroxylation sites is 1. The number of benzene rings is 2. The van der Waals surface area contributed by atoms with Gasteiger partial charge in [-0.1, -0.05) is 38.1 Å². The Balaban J connectivity index is 1.45. The van der Waals surface area contributed by atoms with Crippen LogP contribution in [0.25, 0.3) is 10.9 Å². The predicted octanol–water partition coefficient (Wildman–Crippen LogP) is 3.50. The molecule has 186 valence electrons. The molecular formula is C28H31N5O3. The number of amides is 2. The van der Waals surface area contributed by atoms with Crippen molar-refractivity contribution in [1.82, 2.24) is 15.2 Å². The molecule has 1 N–H and O–H groups in total. The van der Waals surface area contributed by atoms with Crippen molar-refractivity contribution in [3.8, 4) is 5.75 Å². The largest absolute Gasteiger partial charge is 0.497 e. The maximum atomic E-state index is 13.8. The molecule has 2 aliphatic rings. The number of nitrogens with zero attached hydrogens (tertiary/aromatic N) is 4. The van der Waals surface area contributed by atoms with Crippen LogP contribution in [0, 0.1) is 5.92 Å². The molecule has 2 amide bonds. The van der Waals surface area contributed by atoms with E-state index in [1.807, 2.05) is 74.2 Å². The molecule has 0 radical (unpaired) electrons. The lowest BCUT2D eigenvalue weighted by molar-refractivity contribution is -0.124. The van der Waals surface area contributed by atoms with E-state index in [1.165, 1.54) is 0 Å². The number of pyridine rings is 1. The average Bonchev–Trinajstić information content (AvgIpc) is 3.22. The molecule has 36 heavy (non-hydrogen) atoms. The smallest absolute Gasteiger partial charge is 0.256 e. The molecule has 1 unspecified atom stereocenters. The van der Waals surface area contributed by atoms with Gasteiger partial charge in [0, 0.05) is 43.3 Å². The summed E-state index contributed by atoms with van der Waals surface area (Å²) in [4.78, 5) is 40.3. The molecule has 3 aromatic rings. The van der Waals surface area contributed by atoms with Crippen molar-refractivity contribution in [2.24, 2.45) is 10.9 Å². The predicted molar refractivity (Wildman–Crippen MR) is 141 cm³/mol. The molecule has 1 fully saturated rings.